The first kappa shape index (κ1) is 20.3. The summed E-state index contributed by atoms with van der Waals surface area (Å²) in [6.45, 7) is 2.06. The van der Waals surface area contributed by atoms with Gasteiger partial charge in [-0.3, -0.25) is 9.48 Å². The van der Waals surface area contributed by atoms with Gasteiger partial charge in [-0.25, -0.2) is 14.0 Å². The van der Waals surface area contributed by atoms with E-state index in [2.05, 4.69) is 5.10 Å². The van der Waals surface area contributed by atoms with Crippen LogP contribution in [0.5, 0.6) is 0 Å². The summed E-state index contributed by atoms with van der Waals surface area (Å²) in [5, 5.41) is 22.3. The SMILES string of the molecule is CCn1c(Cn2ccc(C(=O)O)n2)cc(=O)c(C(=O)O)c1-c1ccc(F)c(Cl)c1. The number of nitrogens with zero attached hydrogens (tertiary/aromatic N) is 3. The third-order valence-corrected chi connectivity index (χ3v) is 4.59. The maximum absolute atomic E-state index is 13.6. The number of carbonyl (C=O) groups is 2. The molecule has 0 aliphatic heterocycles. The van der Waals surface area contributed by atoms with Gasteiger partial charge in [-0.05, 0) is 31.2 Å². The summed E-state index contributed by atoms with van der Waals surface area (Å²) in [6.07, 6.45) is 1.44. The van der Waals surface area contributed by atoms with Gasteiger partial charge in [-0.1, -0.05) is 11.6 Å². The van der Waals surface area contributed by atoms with Gasteiger partial charge in [-0.15, -0.1) is 0 Å². The van der Waals surface area contributed by atoms with Crippen LogP contribution in [0.4, 0.5) is 4.39 Å². The lowest BCUT2D eigenvalue weighted by Crippen LogP contribution is -2.24. The Labute approximate surface area is 168 Å². The molecule has 2 N–H and O–H groups in total. The highest BCUT2D eigenvalue weighted by molar-refractivity contribution is 6.31. The molecular formula is C19H15ClFN3O5. The lowest BCUT2D eigenvalue weighted by atomic mass is 10.0. The first-order valence-corrected chi connectivity index (χ1v) is 8.83. The molecule has 0 bridgehead atoms. The molecule has 2 heterocycles. The molecule has 0 radical (unpaired) electrons. The lowest BCUT2D eigenvalue weighted by molar-refractivity contribution is 0.0681. The fourth-order valence-electron chi connectivity index (χ4n) is 3.07. The second kappa shape index (κ2) is 7.88. The highest BCUT2D eigenvalue weighted by atomic mass is 35.5. The summed E-state index contributed by atoms with van der Waals surface area (Å²) in [4.78, 5) is 35.4. The summed E-state index contributed by atoms with van der Waals surface area (Å²) >= 11 is 5.85. The van der Waals surface area contributed by atoms with Crippen LogP contribution in [0.1, 0.15) is 33.5 Å². The number of rotatable bonds is 6. The van der Waals surface area contributed by atoms with Crippen molar-refractivity contribution in [2.75, 3.05) is 0 Å². The monoisotopic (exact) mass is 419 g/mol. The molecule has 3 aromatic rings. The summed E-state index contributed by atoms with van der Waals surface area (Å²) in [5.41, 5.74) is -0.624. The molecule has 0 unspecified atom stereocenters. The molecule has 0 saturated carbocycles. The molecule has 3 rings (SSSR count). The first-order chi connectivity index (χ1) is 13.7. The highest BCUT2D eigenvalue weighted by Crippen LogP contribution is 2.28. The maximum atomic E-state index is 13.6. The van der Waals surface area contributed by atoms with E-state index in [1.807, 2.05) is 0 Å². The van der Waals surface area contributed by atoms with Crippen LogP contribution < -0.4 is 5.43 Å². The molecule has 0 amide bonds. The van der Waals surface area contributed by atoms with Crippen molar-refractivity contribution in [2.45, 2.75) is 20.0 Å². The fraction of sp³-hybridized carbons (Fsp3) is 0.158. The molecule has 0 aliphatic rings. The van der Waals surface area contributed by atoms with Crippen molar-refractivity contribution in [1.29, 1.82) is 0 Å². The van der Waals surface area contributed by atoms with Crippen molar-refractivity contribution in [3.63, 3.8) is 0 Å². The van der Waals surface area contributed by atoms with Gasteiger partial charge in [0.15, 0.2) is 11.1 Å². The first-order valence-electron chi connectivity index (χ1n) is 8.45. The molecule has 0 atom stereocenters. The number of carboxylic acid groups (broad SMARTS) is 2. The molecule has 0 aliphatic carbocycles. The van der Waals surface area contributed by atoms with Crippen molar-refractivity contribution in [1.82, 2.24) is 14.3 Å². The number of halogens is 2. The third-order valence-electron chi connectivity index (χ3n) is 4.30. The zero-order valence-electron chi connectivity index (χ0n) is 15.1. The van der Waals surface area contributed by atoms with Crippen molar-refractivity contribution in [3.8, 4) is 11.3 Å². The van der Waals surface area contributed by atoms with Crippen LogP contribution in [0.15, 0.2) is 41.3 Å². The summed E-state index contributed by atoms with van der Waals surface area (Å²) in [7, 11) is 0. The summed E-state index contributed by atoms with van der Waals surface area (Å²) in [5.74, 6) is -3.29. The largest absolute Gasteiger partial charge is 0.477 e. The van der Waals surface area contributed by atoms with Crippen LogP contribution in [-0.4, -0.2) is 36.5 Å². The van der Waals surface area contributed by atoms with Gasteiger partial charge >= 0.3 is 11.9 Å². The van der Waals surface area contributed by atoms with E-state index in [0.717, 1.165) is 6.07 Å². The van der Waals surface area contributed by atoms with Crippen molar-refractivity contribution in [2.24, 2.45) is 0 Å². The van der Waals surface area contributed by atoms with E-state index in [1.54, 1.807) is 11.5 Å². The predicted octanol–water partition coefficient (Wildman–Crippen LogP) is 2.97. The molecule has 0 spiro atoms. The number of hydrogen-bond acceptors (Lipinski definition) is 4. The Morgan fingerprint density at radius 2 is 1.90 bits per heavy atom. The second-order valence-corrected chi connectivity index (χ2v) is 6.51. The van der Waals surface area contributed by atoms with Gasteiger partial charge in [0.25, 0.3) is 0 Å². The van der Waals surface area contributed by atoms with Gasteiger partial charge < -0.3 is 14.8 Å². The molecule has 0 fully saturated rings. The van der Waals surface area contributed by atoms with Crippen LogP contribution >= 0.6 is 11.6 Å². The average molecular weight is 420 g/mol. The number of aromatic nitrogens is 3. The molecule has 8 nitrogen and oxygen atoms in total. The number of benzene rings is 1. The minimum Gasteiger partial charge on any atom is -0.477 e. The Morgan fingerprint density at radius 1 is 1.17 bits per heavy atom. The second-order valence-electron chi connectivity index (χ2n) is 6.11. The van der Waals surface area contributed by atoms with Gasteiger partial charge in [0, 0.05) is 30.1 Å². The smallest absolute Gasteiger partial charge is 0.356 e. The minimum atomic E-state index is -1.42. The van der Waals surface area contributed by atoms with Crippen molar-refractivity contribution < 1.29 is 24.2 Å². The van der Waals surface area contributed by atoms with Crippen molar-refractivity contribution >= 4 is 23.5 Å². The van der Waals surface area contributed by atoms with Gasteiger partial charge in [0.05, 0.1) is 17.3 Å². The van der Waals surface area contributed by atoms with E-state index in [4.69, 9.17) is 16.7 Å². The molecule has 2 aromatic heterocycles. The molecular weight excluding hydrogens is 405 g/mol. The van der Waals surface area contributed by atoms with Gasteiger partial charge in [-0.2, -0.15) is 5.10 Å². The maximum Gasteiger partial charge on any atom is 0.356 e. The summed E-state index contributed by atoms with van der Waals surface area (Å²) < 4.78 is 16.5. The third kappa shape index (κ3) is 3.90. The molecule has 0 saturated heterocycles. The Bertz CT molecular complexity index is 1190. The van der Waals surface area contributed by atoms with E-state index in [0.29, 0.717) is 5.69 Å². The number of aromatic carboxylic acids is 2. The average Bonchev–Trinajstić information content (AvgIpc) is 3.12. The van der Waals surface area contributed by atoms with E-state index in [9.17, 15) is 23.9 Å². The standard InChI is InChI=1S/C19H15ClFN3O5/c1-2-24-11(9-23-6-5-14(22-23)18(26)27)8-15(25)16(19(28)29)17(24)10-3-4-13(21)12(20)7-10/h3-8H,2,9H2,1H3,(H,26,27)(H,28,29). The number of hydrogen-bond donors (Lipinski definition) is 2. The zero-order valence-corrected chi connectivity index (χ0v) is 15.9. The Balaban J connectivity index is 2.24. The predicted molar refractivity (Wildman–Crippen MR) is 102 cm³/mol. The Hall–Kier alpha value is -3.46. The minimum absolute atomic E-state index is 0.0260. The van der Waals surface area contributed by atoms with Crippen LogP contribution in [-0.2, 0) is 13.1 Å². The lowest BCUT2D eigenvalue weighted by Gasteiger charge is -2.20. The van der Waals surface area contributed by atoms with Crippen LogP contribution in [0, 0.1) is 5.82 Å². The Morgan fingerprint density at radius 3 is 2.45 bits per heavy atom. The summed E-state index contributed by atoms with van der Waals surface area (Å²) in [6, 6.07) is 6.17. The van der Waals surface area contributed by atoms with Crippen LogP contribution in [0.3, 0.4) is 0 Å². The van der Waals surface area contributed by atoms with Gasteiger partial charge in [0.1, 0.15) is 11.4 Å². The van der Waals surface area contributed by atoms with Gasteiger partial charge in [0.2, 0.25) is 0 Å². The highest BCUT2D eigenvalue weighted by Gasteiger charge is 2.22. The van der Waals surface area contributed by atoms with Crippen LogP contribution in [0.2, 0.25) is 5.02 Å². The normalized spacial score (nSPS) is 10.9. The quantitative estimate of drug-likeness (QED) is 0.634. The fourth-order valence-corrected chi connectivity index (χ4v) is 3.25. The van der Waals surface area contributed by atoms with Crippen LogP contribution in [0.25, 0.3) is 11.3 Å². The van der Waals surface area contributed by atoms with E-state index < -0.39 is 28.7 Å². The Kier molecular flexibility index (Phi) is 5.51. The molecule has 29 heavy (non-hydrogen) atoms. The topological polar surface area (TPSA) is 114 Å². The number of pyridine rings is 1. The van der Waals surface area contributed by atoms with Crippen molar-refractivity contribution in [3.05, 3.63) is 74.5 Å². The van der Waals surface area contributed by atoms with E-state index in [-0.39, 0.29) is 35.1 Å². The van der Waals surface area contributed by atoms with E-state index >= 15 is 0 Å². The molecule has 1 aromatic carbocycles. The zero-order chi connectivity index (χ0) is 21.3. The molecule has 150 valence electrons. The molecule has 10 heteroatoms. The van der Waals surface area contributed by atoms with E-state index in [1.165, 1.54) is 35.1 Å². The number of carboxylic acids is 2.